The molecule has 0 unspecified atom stereocenters. The van der Waals surface area contributed by atoms with Gasteiger partial charge >= 0.3 is 0 Å². The van der Waals surface area contributed by atoms with Gasteiger partial charge in [0.05, 0.1) is 5.69 Å². The van der Waals surface area contributed by atoms with Crippen LogP contribution in [0.3, 0.4) is 0 Å². The van der Waals surface area contributed by atoms with Crippen LogP contribution in [-0.2, 0) is 0 Å². The first-order valence-electron chi connectivity index (χ1n) is 11.4. The van der Waals surface area contributed by atoms with Crippen LogP contribution in [0.2, 0.25) is 0 Å². The van der Waals surface area contributed by atoms with Gasteiger partial charge < -0.3 is 20.8 Å². The molecule has 0 radical (unpaired) electrons. The number of benzene rings is 3. The van der Waals surface area contributed by atoms with E-state index in [-0.39, 0.29) is 29.4 Å². The van der Waals surface area contributed by atoms with Crippen molar-refractivity contribution < 1.29 is 19.8 Å². The Bertz CT molecular complexity index is 1200. The number of rotatable bonds is 6. The first-order chi connectivity index (χ1) is 16.5. The van der Waals surface area contributed by atoms with Crippen molar-refractivity contribution in [3.8, 4) is 11.5 Å². The fourth-order valence-corrected chi connectivity index (χ4v) is 3.92. The molecule has 4 N–H and O–H groups in total. The van der Waals surface area contributed by atoms with Gasteiger partial charge in [0.15, 0.2) is 11.5 Å². The van der Waals surface area contributed by atoms with Crippen LogP contribution in [0.4, 0.5) is 11.4 Å². The zero-order valence-electron chi connectivity index (χ0n) is 18.7. The molecular formula is C27H27N3O4. The average molecular weight is 458 g/mol. The number of amides is 2. The topological polar surface area (TPSA) is 111 Å². The van der Waals surface area contributed by atoms with Crippen LogP contribution in [0.5, 0.6) is 11.5 Å². The van der Waals surface area contributed by atoms with Crippen LogP contribution in [0.1, 0.15) is 58.4 Å². The van der Waals surface area contributed by atoms with E-state index in [1.54, 1.807) is 54.6 Å². The van der Waals surface area contributed by atoms with Gasteiger partial charge in [0, 0.05) is 29.1 Å². The van der Waals surface area contributed by atoms with Gasteiger partial charge in [0.25, 0.3) is 11.8 Å². The molecule has 7 nitrogen and oxygen atoms in total. The average Bonchev–Trinajstić information content (AvgIpc) is 2.86. The summed E-state index contributed by atoms with van der Waals surface area (Å²) in [6.07, 6.45) is 7.14. The SMILES string of the molecule is O=C(Nc1ccc(C(=O)NC2CCCCC2)cc1)c1cccc(N=Cc2ccc(O)c(O)c2)c1. The van der Waals surface area contributed by atoms with Crippen LogP contribution < -0.4 is 10.6 Å². The smallest absolute Gasteiger partial charge is 0.255 e. The van der Waals surface area contributed by atoms with Crippen molar-refractivity contribution in [2.75, 3.05) is 5.32 Å². The molecule has 0 heterocycles. The van der Waals surface area contributed by atoms with Gasteiger partial charge in [-0.05, 0) is 79.1 Å². The van der Waals surface area contributed by atoms with Crippen molar-refractivity contribution in [3.63, 3.8) is 0 Å². The molecule has 1 fully saturated rings. The lowest BCUT2D eigenvalue weighted by Gasteiger charge is -2.22. The lowest BCUT2D eigenvalue weighted by atomic mass is 9.95. The normalized spacial score (nSPS) is 14.1. The minimum Gasteiger partial charge on any atom is -0.504 e. The molecule has 0 bridgehead atoms. The third-order valence-corrected chi connectivity index (χ3v) is 5.82. The van der Waals surface area contributed by atoms with E-state index < -0.39 is 0 Å². The molecule has 0 saturated heterocycles. The van der Waals surface area contributed by atoms with Gasteiger partial charge in [-0.25, -0.2) is 0 Å². The van der Waals surface area contributed by atoms with E-state index in [0.717, 1.165) is 25.7 Å². The van der Waals surface area contributed by atoms with Gasteiger partial charge in [-0.3, -0.25) is 14.6 Å². The summed E-state index contributed by atoms with van der Waals surface area (Å²) in [6, 6.07) is 18.3. The third-order valence-electron chi connectivity index (χ3n) is 5.82. The second-order valence-electron chi connectivity index (χ2n) is 8.40. The van der Waals surface area contributed by atoms with Gasteiger partial charge in [-0.15, -0.1) is 0 Å². The Morgan fingerprint density at radius 2 is 1.59 bits per heavy atom. The monoisotopic (exact) mass is 457 g/mol. The molecule has 7 heteroatoms. The summed E-state index contributed by atoms with van der Waals surface area (Å²) in [5, 5.41) is 24.9. The summed E-state index contributed by atoms with van der Waals surface area (Å²) >= 11 is 0. The van der Waals surface area contributed by atoms with Crippen molar-refractivity contribution in [2.24, 2.45) is 4.99 Å². The van der Waals surface area contributed by atoms with Gasteiger partial charge in [-0.1, -0.05) is 25.3 Å². The Kier molecular flexibility index (Phi) is 7.22. The van der Waals surface area contributed by atoms with Crippen molar-refractivity contribution >= 4 is 29.4 Å². The van der Waals surface area contributed by atoms with E-state index in [2.05, 4.69) is 15.6 Å². The lowest BCUT2D eigenvalue weighted by Crippen LogP contribution is -2.36. The van der Waals surface area contributed by atoms with E-state index in [4.69, 9.17) is 0 Å². The summed E-state index contributed by atoms with van der Waals surface area (Å²) in [7, 11) is 0. The van der Waals surface area contributed by atoms with E-state index >= 15 is 0 Å². The van der Waals surface area contributed by atoms with E-state index in [1.165, 1.54) is 24.8 Å². The quantitative estimate of drug-likeness (QED) is 0.302. The second kappa shape index (κ2) is 10.7. The number of phenols is 2. The predicted octanol–water partition coefficient (Wildman–Crippen LogP) is 5.16. The fraction of sp³-hybridized carbons (Fsp3) is 0.222. The van der Waals surface area contributed by atoms with Crippen LogP contribution in [0, 0.1) is 0 Å². The minimum atomic E-state index is -0.293. The highest BCUT2D eigenvalue weighted by atomic mass is 16.3. The summed E-state index contributed by atoms with van der Waals surface area (Å²) < 4.78 is 0. The number of carbonyl (C=O) groups is 2. The van der Waals surface area contributed by atoms with Gasteiger partial charge in [-0.2, -0.15) is 0 Å². The number of hydrogen-bond donors (Lipinski definition) is 4. The fourth-order valence-electron chi connectivity index (χ4n) is 3.92. The van der Waals surface area contributed by atoms with Crippen LogP contribution in [-0.4, -0.2) is 34.3 Å². The molecule has 174 valence electrons. The number of nitrogens with zero attached hydrogens (tertiary/aromatic N) is 1. The molecule has 4 rings (SSSR count). The Morgan fingerprint density at radius 3 is 2.32 bits per heavy atom. The molecule has 0 atom stereocenters. The summed E-state index contributed by atoms with van der Waals surface area (Å²) in [6.45, 7) is 0. The zero-order valence-corrected chi connectivity index (χ0v) is 18.7. The first kappa shape index (κ1) is 23.0. The van der Waals surface area contributed by atoms with Crippen molar-refractivity contribution in [3.05, 3.63) is 83.4 Å². The van der Waals surface area contributed by atoms with Crippen molar-refractivity contribution in [1.82, 2.24) is 5.32 Å². The molecule has 1 aliphatic carbocycles. The Labute approximate surface area is 198 Å². The molecule has 2 amide bonds. The van der Waals surface area contributed by atoms with Crippen molar-refractivity contribution in [2.45, 2.75) is 38.1 Å². The summed E-state index contributed by atoms with van der Waals surface area (Å²) in [5.41, 5.74) is 2.77. The zero-order chi connectivity index (χ0) is 23.9. The standard InChI is InChI=1S/C27H27N3O4/c31-24-14-9-18(15-25(24)32)17-28-23-8-4-5-20(16-23)27(34)30-22-12-10-19(11-13-22)26(33)29-21-6-2-1-3-7-21/h4-5,8-17,21,31-32H,1-3,6-7H2,(H,29,33)(H,30,34). The molecular weight excluding hydrogens is 430 g/mol. The summed E-state index contributed by atoms with van der Waals surface area (Å²) in [4.78, 5) is 29.5. The number of aromatic hydroxyl groups is 2. The predicted molar refractivity (Wildman–Crippen MR) is 132 cm³/mol. The number of nitrogens with one attached hydrogen (secondary N) is 2. The molecule has 34 heavy (non-hydrogen) atoms. The first-order valence-corrected chi connectivity index (χ1v) is 11.4. The summed E-state index contributed by atoms with van der Waals surface area (Å²) in [5.74, 6) is -0.806. The molecule has 0 aliphatic heterocycles. The lowest BCUT2D eigenvalue weighted by molar-refractivity contribution is 0.0927. The largest absolute Gasteiger partial charge is 0.504 e. The molecule has 1 saturated carbocycles. The molecule has 0 aromatic heterocycles. The van der Waals surface area contributed by atoms with E-state index in [9.17, 15) is 19.8 Å². The highest BCUT2D eigenvalue weighted by molar-refractivity contribution is 6.05. The molecule has 3 aromatic rings. The highest BCUT2D eigenvalue weighted by Crippen LogP contribution is 2.25. The molecule has 3 aromatic carbocycles. The van der Waals surface area contributed by atoms with Gasteiger partial charge in [0.1, 0.15) is 0 Å². The maximum atomic E-state index is 12.7. The number of carbonyl (C=O) groups excluding carboxylic acids is 2. The molecule has 1 aliphatic rings. The number of phenolic OH excluding ortho intramolecular Hbond substituents is 2. The second-order valence-corrected chi connectivity index (χ2v) is 8.40. The number of aliphatic imine (C=N–C) groups is 1. The van der Waals surface area contributed by atoms with Crippen molar-refractivity contribution in [1.29, 1.82) is 0 Å². The number of anilines is 1. The maximum absolute atomic E-state index is 12.7. The minimum absolute atomic E-state index is 0.0858. The van der Waals surface area contributed by atoms with Crippen LogP contribution in [0.15, 0.2) is 71.7 Å². The Hall–Kier alpha value is -4.13. The van der Waals surface area contributed by atoms with E-state index in [0.29, 0.717) is 28.1 Å². The molecule has 0 spiro atoms. The Balaban J connectivity index is 1.37. The third kappa shape index (κ3) is 6.01. The van der Waals surface area contributed by atoms with Gasteiger partial charge in [0.2, 0.25) is 0 Å². The van der Waals surface area contributed by atoms with E-state index in [1.807, 2.05) is 0 Å². The highest BCUT2D eigenvalue weighted by Gasteiger charge is 2.16. The Morgan fingerprint density at radius 1 is 0.824 bits per heavy atom. The maximum Gasteiger partial charge on any atom is 0.255 e. The number of hydrogen-bond acceptors (Lipinski definition) is 5. The van der Waals surface area contributed by atoms with Crippen LogP contribution >= 0.6 is 0 Å². The van der Waals surface area contributed by atoms with Crippen LogP contribution in [0.25, 0.3) is 0 Å².